The number of pyridine rings is 1. The maximum atomic E-state index is 9.82. The van der Waals surface area contributed by atoms with E-state index in [9.17, 15) is 5.11 Å². The molecule has 2 N–H and O–H groups in total. The van der Waals surface area contributed by atoms with E-state index in [1.54, 1.807) is 17.1 Å². The molecule has 9 nitrogen and oxygen atoms in total. The molecular formula is C24H27N7O2. The summed E-state index contributed by atoms with van der Waals surface area (Å²) in [5.74, 6) is 2.94. The first kappa shape index (κ1) is 21.1. The molecule has 1 aromatic carbocycles. The number of rotatable bonds is 6. The highest BCUT2D eigenvalue weighted by Crippen LogP contribution is 2.31. The van der Waals surface area contributed by atoms with Crippen molar-refractivity contribution < 1.29 is 9.84 Å². The predicted molar refractivity (Wildman–Crippen MR) is 128 cm³/mol. The van der Waals surface area contributed by atoms with Gasteiger partial charge < -0.3 is 20.1 Å². The van der Waals surface area contributed by atoms with E-state index >= 15 is 0 Å². The molecule has 9 heteroatoms. The number of aliphatic hydroxyl groups is 1. The predicted octanol–water partition coefficient (Wildman–Crippen LogP) is 3.53. The average Bonchev–Trinajstić information content (AvgIpc) is 3.24. The molecule has 1 saturated heterocycles. The van der Waals surface area contributed by atoms with Gasteiger partial charge in [-0.3, -0.25) is 4.68 Å². The van der Waals surface area contributed by atoms with Crippen molar-refractivity contribution in [3.05, 3.63) is 48.9 Å². The Balaban J connectivity index is 1.55. The third-order valence-electron chi connectivity index (χ3n) is 5.74. The highest BCUT2D eigenvalue weighted by molar-refractivity contribution is 5.93. The minimum Gasteiger partial charge on any atom is -0.494 e. The zero-order valence-electron chi connectivity index (χ0n) is 18.8. The summed E-state index contributed by atoms with van der Waals surface area (Å²) in [5, 5.41) is 18.3. The number of aliphatic hydroxyl groups excluding tert-OH is 1. The van der Waals surface area contributed by atoms with E-state index in [1.807, 2.05) is 50.5 Å². The van der Waals surface area contributed by atoms with Crippen molar-refractivity contribution in [3.63, 3.8) is 0 Å². The van der Waals surface area contributed by atoms with Crippen molar-refractivity contribution in [2.24, 2.45) is 7.05 Å². The molecule has 0 spiro atoms. The van der Waals surface area contributed by atoms with Crippen LogP contribution in [0.5, 0.6) is 5.75 Å². The van der Waals surface area contributed by atoms with E-state index in [4.69, 9.17) is 14.7 Å². The Kier molecular flexibility index (Phi) is 5.78. The minimum atomic E-state index is -0.226. The number of nitrogens with zero attached hydrogens (tertiary/aromatic N) is 6. The van der Waals surface area contributed by atoms with Crippen LogP contribution in [0, 0.1) is 0 Å². The van der Waals surface area contributed by atoms with Crippen molar-refractivity contribution >= 4 is 28.2 Å². The normalized spacial score (nSPS) is 14.6. The Morgan fingerprint density at radius 1 is 1.15 bits per heavy atom. The van der Waals surface area contributed by atoms with Gasteiger partial charge in [-0.25, -0.2) is 15.0 Å². The second kappa shape index (κ2) is 9.03. The molecule has 1 aliphatic rings. The van der Waals surface area contributed by atoms with Crippen LogP contribution in [0.4, 0.5) is 17.3 Å². The fourth-order valence-electron chi connectivity index (χ4n) is 4.04. The summed E-state index contributed by atoms with van der Waals surface area (Å²) < 4.78 is 7.44. The molecular weight excluding hydrogens is 418 g/mol. The maximum Gasteiger partial charge on any atom is 0.162 e. The number of anilines is 3. The number of ether oxygens (including phenoxy) is 1. The lowest BCUT2D eigenvalue weighted by molar-refractivity contribution is 0.145. The molecule has 0 radical (unpaired) electrons. The van der Waals surface area contributed by atoms with Crippen molar-refractivity contribution in [3.8, 4) is 17.1 Å². The standard InChI is InChI=1S/C24H27N7O2/c1-3-33-19-4-5-21-20(13-19)24(27-17-14-26-30(2)15-17)29-23(28-21)16-6-9-25-22(12-16)31-10-7-18(32)8-11-31/h4-6,9,12-15,18,32H,3,7-8,10-11H2,1-2H3,(H,27,28,29). The molecule has 1 aliphatic heterocycles. The fraction of sp³-hybridized carbons (Fsp3) is 0.333. The Bertz CT molecular complexity index is 1260. The summed E-state index contributed by atoms with van der Waals surface area (Å²) in [5.41, 5.74) is 2.54. The summed E-state index contributed by atoms with van der Waals surface area (Å²) in [6, 6.07) is 9.77. The number of nitrogens with one attached hydrogen (secondary N) is 1. The smallest absolute Gasteiger partial charge is 0.162 e. The van der Waals surface area contributed by atoms with E-state index in [1.165, 1.54) is 0 Å². The molecule has 33 heavy (non-hydrogen) atoms. The van der Waals surface area contributed by atoms with E-state index < -0.39 is 0 Å². The van der Waals surface area contributed by atoms with Crippen LogP contribution in [-0.4, -0.2) is 55.6 Å². The monoisotopic (exact) mass is 445 g/mol. The molecule has 1 fully saturated rings. The van der Waals surface area contributed by atoms with Gasteiger partial charge in [0.2, 0.25) is 0 Å². The number of hydrogen-bond acceptors (Lipinski definition) is 8. The van der Waals surface area contributed by atoms with Gasteiger partial charge in [0.05, 0.1) is 30.1 Å². The lowest BCUT2D eigenvalue weighted by atomic mass is 10.1. The summed E-state index contributed by atoms with van der Waals surface area (Å²) in [6.45, 7) is 4.11. The summed E-state index contributed by atoms with van der Waals surface area (Å²) in [6.07, 6.45) is 6.72. The molecule has 3 aromatic heterocycles. The highest BCUT2D eigenvalue weighted by atomic mass is 16.5. The van der Waals surface area contributed by atoms with Crippen LogP contribution >= 0.6 is 0 Å². The van der Waals surface area contributed by atoms with Crippen LogP contribution in [0.15, 0.2) is 48.9 Å². The number of piperidine rings is 1. The zero-order chi connectivity index (χ0) is 22.8. The number of aryl methyl sites for hydroxylation is 1. The third-order valence-corrected chi connectivity index (χ3v) is 5.74. The summed E-state index contributed by atoms with van der Waals surface area (Å²) >= 11 is 0. The molecule has 0 atom stereocenters. The van der Waals surface area contributed by atoms with Crippen molar-refractivity contribution in [2.45, 2.75) is 25.9 Å². The summed E-state index contributed by atoms with van der Waals surface area (Å²) in [7, 11) is 1.87. The Morgan fingerprint density at radius 2 is 2.00 bits per heavy atom. The van der Waals surface area contributed by atoms with E-state index in [0.717, 1.165) is 59.7 Å². The topological polar surface area (TPSA) is 101 Å². The SMILES string of the molecule is CCOc1ccc2nc(-c3ccnc(N4CCC(O)CC4)c3)nc(Nc3cnn(C)c3)c2c1. The lowest BCUT2D eigenvalue weighted by Gasteiger charge is -2.30. The highest BCUT2D eigenvalue weighted by Gasteiger charge is 2.19. The molecule has 0 bridgehead atoms. The van der Waals surface area contributed by atoms with Gasteiger partial charge in [0.15, 0.2) is 5.82 Å². The van der Waals surface area contributed by atoms with Gasteiger partial charge in [-0.15, -0.1) is 0 Å². The van der Waals surface area contributed by atoms with Crippen LogP contribution in [0.1, 0.15) is 19.8 Å². The van der Waals surface area contributed by atoms with Crippen LogP contribution in [0.2, 0.25) is 0 Å². The van der Waals surface area contributed by atoms with Gasteiger partial charge in [-0.1, -0.05) is 0 Å². The van der Waals surface area contributed by atoms with Gasteiger partial charge in [0.25, 0.3) is 0 Å². The van der Waals surface area contributed by atoms with Crippen molar-refractivity contribution in [1.82, 2.24) is 24.7 Å². The Labute approximate surface area is 192 Å². The number of hydrogen-bond donors (Lipinski definition) is 2. The quantitative estimate of drug-likeness (QED) is 0.465. The van der Waals surface area contributed by atoms with E-state index in [2.05, 4.69) is 20.3 Å². The van der Waals surface area contributed by atoms with E-state index in [0.29, 0.717) is 18.2 Å². The van der Waals surface area contributed by atoms with Gasteiger partial charge >= 0.3 is 0 Å². The van der Waals surface area contributed by atoms with Crippen LogP contribution in [0.3, 0.4) is 0 Å². The first-order chi connectivity index (χ1) is 16.1. The fourth-order valence-corrected chi connectivity index (χ4v) is 4.04. The van der Waals surface area contributed by atoms with Crippen molar-refractivity contribution in [2.75, 3.05) is 29.9 Å². The average molecular weight is 446 g/mol. The Hall–Kier alpha value is -3.72. The molecule has 0 amide bonds. The minimum absolute atomic E-state index is 0.226. The van der Waals surface area contributed by atoms with Crippen molar-refractivity contribution in [1.29, 1.82) is 0 Å². The van der Waals surface area contributed by atoms with Gasteiger partial charge in [-0.05, 0) is 50.1 Å². The third kappa shape index (κ3) is 4.58. The first-order valence-corrected chi connectivity index (χ1v) is 11.2. The Morgan fingerprint density at radius 3 is 2.76 bits per heavy atom. The molecule has 4 aromatic rings. The molecule has 4 heterocycles. The van der Waals surface area contributed by atoms with Gasteiger partial charge in [0.1, 0.15) is 17.4 Å². The van der Waals surface area contributed by atoms with Gasteiger partial charge in [0, 0.05) is 43.5 Å². The zero-order valence-corrected chi connectivity index (χ0v) is 18.8. The molecule has 0 aliphatic carbocycles. The molecule has 0 unspecified atom stereocenters. The number of benzene rings is 1. The molecule has 170 valence electrons. The second-order valence-corrected chi connectivity index (χ2v) is 8.16. The van der Waals surface area contributed by atoms with Crippen LogP contribution in [-0.2, 0) is 7.05 Å². The van der Waals surface area contributed by atoms with Gasteiger partial charge in [-0.2, -0.15) is 5.10 Å². The van der Waals surface area contributed by atoms with Crippen LogP contribution < -0.4 is 15.0 Å². The van der Waals surface area contributed by atoms with Crippen LogP contribution in [0.25, 0.3) is 22.3 Å². The number of aromatic nitrogens is 5. The largest absolute Gasteiger partial charge is 0.494 e. The molecule has 0 saturated carbocycles. The first-order valence-electron chi connectivity index (χ1n) is 11.2. The summed E-state index contributed by atoms with van der Waals surface area (Å²) in [4.78, 5) is 16.5. The maximum absolute atomic E-state index is 9.82. The van der Waals surface area contributed by atoms with E-state index in [-0.39, 0.29) is 6.10 Å². The second-order valence-electron chi connectivity index (χ2n) is 8.16. The number of fused-ring (bicyclic) bond motifs is 1. The lowest BCUT2D eigenvalue weighted by Crippen LogP contribution is -2.36. The molecule has 5 rings (SSSR count).